The van der Waals surface area contributed by atoms with Gasteiger partial charge in [-0.25, -0.2) is 0 Å². The molecule has 1 atom stereocenters. The maximum Gasteiger partial charge on any atom is 0.122 e. The molecule has 0 aromatic rings. The van der Waals surface area contributed by atoms with Crippen LogP contribution in [-0.2, 0) is 0 Å². The molecule has 1 unspecified atom stereocenters. The molecule has 3 rings (SSSR count). The van der Waals surface area contributed by atoms with Crippen molar-refractivity contribution in [2.24, 2.45) is 5.92 Å². The predicted molar refractivity (Wildman–Crippen MR) is 85.0 cm³/mol. The van der Waals surface area contributed by atoms with E-state index >= 15 is 0 Å². The second-order valence-corrected chi connectivity index (χ2v) is 7.92. The first-order valence-corrected chi connectivity index (χ1v) is 8.55. The van der Waals surface area contributed by atoms with Crippen LogP contribution in [0.5, 0.6) is 0 Å². The molecule has 0 bridgehead atoms. The van der Waals surface area contributed by atoms with Crippen molar-refractivity contribution in [3.05, 3.63) is 0 Å². The minimum absolute atomic E-state index is 0.298. The molecule has 118 valence electrons. The number of hydrogen-bond acceptors (Lipinski definition) is 4. The summed E-state index contributed by atoms with van der Waals surface area (Å²) >= 11 is 0. The van der Waals surface area contributed by atoms with Crippen molar-refractivity contribution < 1.29 is 0 Å². The average molecular weight is 290 g/mol. The summed E-state index contributed by atoms with van der Waals surface area (Å²) in [5, 5.41) is 13.5. The summed E-state index contributed by atoms with van der Waals surface area (Å²) in [7, 11) is 6.61. The van der Waals surface area contributed by atoms with Crippen molar-refractivity contribution in [2.45, 2.75) is 62.1 Å². The van der Waals surface area contributed by atoms with E-state index in [9.17, 15) is 5.26 Å². The van der Waals surface area contributed by atoms with Crippen molar-refractivity contribution in [1.82, 2.24) is 15.1 Å². The number of nitrogens with one attached hydrogen (secondary N) is 1. The van der Waals surface area contributed by atoms with E-state index in [4.69, 9.17) is 0 Å². The van der Waals surface area contributed by atoms with Gasteiger partial charge in [0.25, 0.3) is 0 Å². The van der Waals surface area contributed by atoms with Crippen LogP contribution < -0.4 is 5.32 Å². The molecule has 0 radical (unpaired) electrons. The topological polar surface area (TPSA) is 42.3 Å². The Morgan fingerprint density at radius 3 is 2.24 bits per heavy atom. The van der Waals surface area contributed by atoms with E-state index in [2.05, 4.69) is 42.3 Å². The molecule has 0 heterocycles. The highest BCUT2D eigenvalue weighted by molar-refractivity contribution is 5.18. The van der Waals surface area contributed by atoms with Gasteiger partial charge in [0.15, 0.2) is 0 Å². The summed E-state index contributed by atoms with van der Waals surface area (Å²) in [5.74, 6) is 0.572. The fraction of sp³-hybridized carbons (Fsp3) is 0.941. The van der Waals surface area contributed by atoms with Gasteiger partial charge in [0, 0.05) is 24.7 Å². The van der Waals surface area contributed by atoms with E-state index in [1.54, 1.807) is 0 Å². The summed E-state index contributed by atoms with van der Waals surface area (Å²) < 4.78 is 0. The first-order valence-electron chi connectivity index (χ1n) is 8.55. The van der Waals surface area contributed by atoms with E-state index in [1.165, 1.54) is 44.9 Å². The molecular weight excluding hydrogens is 260 g/mol. The summed E-state index contributed by atoms with van der Waals surface area (Å²) in [4.78, 5) is 4.81. The smallest absolute Gasteiger partial charge is 0.122 e. The van der Waals surface area contributed by atoms with Crippen LogP contribution >= 0.6 is 0 Å². The molecule has 0 aromatic carbocycles. The van der Waals surface area contributed by atoms with Crippen molar-refractivity contribution >= 4 is 0 Å². The second-order valence-electron chi connectivity index (χ2n) is 7.92. The van der Waals surface area contributed by atoms with Gasteiger partial charge in [0.05, 0.1) is 6.07 Å². The second kappa shape index (κ2) is 5.53. The molecular formula is C17H30N4. The van der Waals surface area contributed by atoms with Crippen LogP contribution in [-0.4, -0.2) is 61.2 Å². The van der Waals surface area contributed by atoms with E-state index in [0.717, 1.165) is 13.1 Å². The van der Waals surface area contributed by atoms with Gasteiger partial charge in [-0.1, -0.05) is 0 Å². The van der Waals surface area contributed by atoms with E-state index in [-0.39, 0.29) is 5.54 Å². The third-order valence-electron chi connectivity index (χ3n) is 5.83. The molecule has 0 saturated heterocycles. The molecule has 1 N–H and O–H groups in total. The Bertz CT molecular complexity index is 415. The minimum atomic E-state index is -0.298. The third kappa shape index (κ3) is 3.11. The largest absolute Gasteiger partial charge is 0.302 e. The maximum absolute atomic E-state index is 9.84. The zero-order chi connectivity index (χ0) is 15.1. The van der Waals surface area contributed by atoms with Gasteiger partial charge < -0.3 is 9.80 Å². The number of nitriles is 1. The lowest BCUT2D eigenvalue weighted by molar-refractivity contribution is 0.0218. The Morgan fingerprint density at radius 2 is 1.86 bits per heavy atom. The molecule has 3 fully saturated rings. The fourth-order valence-corrected chi connectivity index (χ4v) is 3.94. The fourth-order valence-electron chi connectivity index (χ4n) is 3.94. The molecule has 0 amide bonds. The summed E-state index contributed by atoms with van der Waals surface area (Å²) in [6.07, 6.45) is 8.88. The zero-order valence-corrected chi connectivity index (χ0v) is 13.9. The highest BCUT2D eigenvalue weighted by atomic mass is 15.2. The van der Waals surface area contributed by atoms with Gasteiger partial charge in [-0.2, -0.15) is 5.26 Å². The van der Waals surface area contributed by atoms with Crippen molar-refractivity contribution in [1.29, 1.82) is 5.26 Å². The molecule has 0 spiro atoms. The lowest BCUT2D eigenvalue weighted by Crippen LogP contribution is -2.60. The van der Waals surface area contributed by atoms with Gasteiger partial charge in [-0.15, -0.1) is 0 Å². The highest BCUT2D eigenvalue weighted by Gasteiger charge is 2.49. The summed E-state index contributed by atoms with van der Waals surface area (Å²) in [6, 6.07) is 3.27. The van der Waals surface area contributed by atoms with Crippen LogP contribution in [0.25, 0.3) is 0 Å². The Labute approximate surface area is 129 Å². The monoisotopic (exact) mass is 290 g/mol. The van der Waals surface area contributed by atoms with Crippen molar-refractivity contribution in [2.75, 3.05) is 34.2 Å². The first kappa shape index (κ1) is 15.3. The van der Waals surface area contributed by atoms with Crippen LogP contribution in [0.15, 0.2) is 0 Å². The SMILES string of the molecule is CN(CC(C#N)(NC1CC1)C1CC1)CC1(N(C)C)CCC1. The number of rotatable bonds is 8. The Kier molecular flexibility index (Phi) is 4.02. The first-order chi connectivity index (χ1) is 10.00. The normalized spacial score (nSPS) is 27.2. The average Bonchev–Trinajstić information content (AvgIpc) is 3.24. The van der Waals surface area contributed by atoms with Crippen LogP contribution in [0.4, 0.5) is 0 Å². The Morgan fingerprint density at radius 1 is 1.19 bits per heavy atom. The predicted octanol–water partition coefficient (Wildman–Crippen LogP) is 1.83. The molecule has 3 aliphatic carbocycles. The van der Waals surface area contributed by atoms with Gasteiger partial charge in [-0.05, 0) is 72.0 Å². The van der Waals surface area contributed by atoms with Gasteiger partial charge in [0.1, 0.15) is 5.54 Å². The quantitative estimate of drug-likeness (QED) is 0.740. The van der Waals surface area contributed by atoms with E-state index in [1.807, 2.05) is 0 Å². The molecule has 0 aliphatic heterocycles. The van der Waals surface area contributed by atoms with Crippen LogP contribution in [0.2, 0.25) is 0 Å². The maximum atomic E-state index is 9.84. The van der Waals surface area contributed by atoms with Gasteiger partial charge in [-0.3, -0.25) is 5.32 Å². The minimum Gasteiger partial charge on any atom is -0.302 e. The highest BCUT2D eigenvalue weighted by Crippen LogP contribution is 2.42. The van der Waals surface area contributed by atoms with E-state index < -0.39 is 0 Å². The van der Waals surface area contributed by atoms with Crippen LogP contribution in [0.3, 0.4) is 0 Å². The lowest BCUT2D eigenvalue weighted by Gasteiger charge is -2.50. The van der Waals surface area contributed by atoms with Crippen molar-refractivity contribution in [3.8, 4) is 6.07 Å². The third-order valence-corrected chi connectivity index (χ3v) is 5.83. The molecule has 0 aromatic heterocycles. The number of nitrogens with zero attached hydrogens (tertiary/aromatic N) is 3. The van der Waals surface area contributed by atoms with Crippen LogP contribution in [0.1, 0.15) is 44.9 Å². The summed E-state index contributed by atoms with van der Waals surface area (Å²) in [5.41, 5.74) is 0.0479. The van der Waals surface area contributed by atoms with E-state index in [0.29, 0.717) is 17.5 Å². The standard InChI is InChI=1S/C17H30N4/c1-20(2)16(9-4-10-16)12-21(3)13-17(11-18,14-5-6-14)19-15-7-8-15/h14-15,19H,4-10,12-13H2,1-3H3. The molecule has 4 heteroatoms. The lowest BCUT2D eigenvalue weighted by atomic mass is 9.75. The van der Waals surface area contributed by atoms with Gasteiger partial charge in [0.2, 0.25) is 0 Å². The zero-order valence-electron chi connectivity index (χ0n) is 13.9. The Balaban J connectivity index is 1.63. The molecule has 4 nitrogen and oxygen atoms in total. The molecule has 21 heavy (non-hydrogen) atoms. The van der Waals surface area contributed by atoms with Crippen LogP contribution in [0, 0.1) is 17.2 Å². The summed E-state index contributed by atoms with van der Waals surface area (Å²) in [6.45, 7) is 1.96. The molecule has 3 aliphatic rings. The van der Waals surface area contributed by atoms with Gasteiger partial charge >= 0.3 is 0 Å². The Hall–Kier alpha value is -0.630. The molecule has 3 saturated carbocycles. The van der Waals surface area contributed by atoms with Crippen molar-refractivity contribution in [3.63, 3.8) is 0 Å². The number of likely N-dealkylation sites (N-methyl/N-ethyl adjacent to an activating group) is 2. The number of hydrogen-bond donors (Lipinski definition) is 1.